The molecule has 0 aromatic heterocycles. The first-order valence-corrected chi connectivity index (χ1v) is 6.30. The summed E-state index contributed by atoms with van der Waals surface area (Å²) in [6, 6.07) is 3.03. The fraction of sp³-hybridized carbons (Fsp3) is 0.462. The van der Waals surface area contributed by atoms with Gasteiger partial charge in [-0.05, 0) is 24.5 Å². The van der Waals surface area contributed by atoms with Crippen molar-refractivity contribution in [1.29, 1.82) is 0 Å². The maximum atomic E-state index is 13.4. The van der Waals surface area contributed by atoms with Gasteiger partial charge in [0.2, 0.25) is 0 Å². The van der Waals surface area contributed by atoms with Crippen molar-refractivity contribution in [2.45, 2.75) is 26.3 Å². The number of carbonyl (C=O) groups is 1. The third-order valence-corrected chi connectivity index (χ3v) is 2.84. The van der Waals surface area contributed by atoms with Crippen LogP contribution < -0.4 is 5.32 Å². The zero-order chi connectivity index (χ0) is 13.7. The predicted molar refractivity (Wildman–Crippen MR) is 67.8 cm³/mol. The van der Waals surface area contributed by atoms with Crippen LogP contribution in [0.1, 0.15) is 30.6 Å². The van der Waals surface area contributed by atoms with E-state index < -0.39 is 23.1 Å². The molecule has 1 amide bonds. The molecule has 0 saturated carbocycles. The molecule has 1 N–H and O–H groups in total. The van der Waals surface area contributed by atoms with E-state index in [0.29, 0.717) is 12.3 Å². The van der Waals surface area contributed by atoms with Gasteiger partial charge in [0.1, 0.15) is 17.2 Å². The minimum atomic E-state index is -0.870. The third kappa shape index (κ3) is 3.95. The number of benzene rings is 1. The third-order valence-electron chi connectivity index (χ3n) is 2.47. The van der Waals surface area contributed by atoms with Gasteiger partial charge in [0.05, 0.1) is 0 Å². The van der Waals surface area contributed by atoms with Crippen molar-refractivity contribution < 1.29 is 13.6 Å². The van der Waals surface area contributed by atoms with E-state index in [0.717, 1.165) is 12.1 Å². The maximum absolute atomic E-state index is 13.4. The van der Waals surface area contributed by atoms with Crippen LogP contribution in [0.3, 0.4) is 0 Å². The first-order valence-electron chi connectivity index (χ1n) is 5.76. The second-order valence-corrected chi connectivity index (χ2v) is 4.86. The SMILES string of the molecule is CC(C)CC(CCl)NC(=O)c1c(F)cccc1F. The summed E-state index contributed by atoms with van der Waals surface area (Å²) in [5, 5.41) is 2.55. The lowest BCUT2D eigenvalue weighted by Crippen LogP contribution is -2.38. The van der Waals surface area contributed by atoms with E-state index in [-0.39, 0.29) is 11.9 Å². The van der Waals surface area contributed by atoms with Gasteiger partial charge in [0.15, 0.2) is 0 Å². The van der Waals surface area contributed by atoms with Gasteiger partial charge in [-0.15, -0.1) is 11.6 Å². The van der Waals surface area contributed by atoms with Gasteiger partial charge in [-0.25, -0.2) is 8.78 Å². The summed E-state index contributed by atoms with van der Waals surface area (Å²) in [4.78, 5) is 11.8. The predicted octanol–water partition coefficient (Wildman–Crippen LogP) is 3.35. The van der Waals surface area contributed by atoms with Crippen molar-refractivity contribution in [1.82, 2.24) is 5.32 Å². The van der Waals surface area contributed by atoms with Crippen LogP contribution in [-0.4, -0.2) is 17.8 Å². The highest BCUT2D eigenvalue weighted by Crippen LogP contribution is 2.13. The fourth-order valence-electron chi connectivity index (χ4n) is 1.70. The Morgan fingerprint density at radius 2 is 1.89 bits per heavy atom. The molecule has 0 aliphatic heterocycles. The molecule has 0 fully saturated rings. The Hall–Kier alpha value is -1.16. The standard InChI is InChI=1S/C13H16ClF2NO/c1-8(2)6-9(7-14)17-13(18)12-10(15)4-3-5-11(12)16/h3-5,8-9H,6-7H2,1-2H3,(H,17,18). The van der Waals surface area contributed by atoms with Gasteiger partial charge < -0.3 is 5.32 Å². The van der Waals surface area contributed by atoms with Crippen molar-refractivity contribution >= 4 is 17.5 Å². The normalized spacial score (nSPS) is 12.6. The first kappa shape index (κ1) is 14.9. The first-order chi connectivity index (χ1) is 8.45. The maximum Gasteiger partial charge on any atom is 0.257 e. The van der Waals surface area contributed by atoms with Gasteiger partial charge in [-0.2, -0.15) is 0 Å². The minimum absolute atomic E-state index is 0.208. The van der Waals surface area contributed by atoms with Gasteiger partial charge in [-0.3, -0.25) is 4.79 Å². The smallest absolute Gasteiger partial charge is 0.257 e. The van der Waals surface area contributed by atoms with Crippen LogP contribution in [0.5, 0.6) is 0 Å². The van der Waals surface area contributed by atoms with Crippen LogP contribution >= 0.6 is 11.6 Å². The molecular weight excluding hydrogens is 260 g/mol. The van der Waals surface area contributed by atoms with Crippen molar-refractivity contribution in [3.8, 4) is 0 Å². The summed E-state index contributed by atoms with van der Waals surface area (Å²) in [6.07, 6.45) is 0.658. The molecule has 0 saturated heterocycles. The summed E-state index contributed by atoms with van der Waals surface area (Å²) in [5.41, 5.74) is -0.559. The lowest BCUT2D eigenvalue weighted by molar-refractivity contribution is 0.0928. The molecule has 2 nitrogen and oxygen atoms in total. The molecule has 0 spiro atoms. The minimum Gasteiger partial charge on any atom is -0.348 e. The molecule has 0 heterocycles. The van der Waals surface area contributed by atoms with Crippen molar-refractivity contribution in [2.24, 2.45) is 5.92 Å². The highest BCUT2D eigenvalue weighted by atomic mass is 35.5. The Labute approximate surface area is 110 Å². The zero-order valence-electron chi connectivity index (χ0n) is 10.3. The molecular formula is C13H16ClF2NO. The van der Waals surface area contributed by atoms with Crippen LogP contribution in [0.15, 0.2) is 18.2 Å². The van der Waals surface area contributed by atoms with E-state index in [2.05, 4.69) is 5.32 Å². The topological polar surface area (TPSA) is 29.1 Å². The number of nitrogens with one attached hydrogen (secondary N) is 1. The molecule has 0 aliphatic rings. The molecule has 1 rings (SSSR count). The Kier molecular flexibility index (Phi) is 5.54. The van der Waals surface area contributed by atoms with E-state index >= 15 is 0 Å². The molecule has 1 aromatic carbocycles. The number of amides is 1. The molecule has 0 radical (unpaired) electrons. The van der Waals surface area contributed by atoms with Crippen LogP contribution in [0.25, 0.3) is 0 Å². The molecule has 18 heavy (non-hydrogen) atoms. The van der Waals surface area contributed by atoms with Gasteiger partial charge >= 0.3 is 0 Å². The van der Waals surface area contributed by atoms with E-state index in [1.54, 1.807) is 0 Å². The lowest BCUT2D eigenvalue weighted by Gasteiger charge is -2.18. The lowest BCUT2D eigenvalue weighted by atomic mass is 10.0. The monoisotopic (exact) mass is 275 g/mol. The second kappa shape index (κ2) is 6.69. The molecule has 5 heteroatoms. The highest BCUT2D eigenvalue weighted by Gasteiger charge is 2.20. The largest absolute Gasteiger partial charge is 0.348 e. The second-order valence-electron chi connectivity index (χ2n) is 4.55. The van der Waals surface area contributed by atoms with Crippen LogP contribution in [0.2, 0.25) is 0 Å². The number of rotatable bonds is 5. The molecule has 1 atom stereocenters. The zero-order valence-corrected chi connectivity index (χ0v) is 11.1. The van der Waals surface area contributed by atoms with Crippen LogP contribution in [-0.2, 0) is 0 Å². The average Bonchev–Trinajstić information content (AvgIpc) is 2.27. The van der Waals surface area contributed by atoms with Crippen molar-refractivity contribution in [2.75, 3.05) is 5.88 Å². The van der Waals surface area contributed by atoms with Gasteiger partial charge in [-0.1, -0.05) is 19.9 Å². The quantitative estimate of drug-likeness (QED) is 0.821. The van der Waals surface area contributed by atoms with Gasteiger partial charge in [0, 0.05) is 11.9 Å². The summed E-state index contributed by atoms with van der Waals surface area (Å²) < 4.78 is 26.8. The van der Waals surface area contributed by atoms with Crippen LogP contribution in [0, 0.1) is 17.6 Å². The van der Waals surface area contributed by atoms with Gasteiger partial charge in [0.25, 0.3) is 5.91 Å². The van der Waals surface area contributed by atoms with E-state index in [1.807, 2.05) is 13.8 Å². The Morgan fingerprint density at radius 3 is 2.33 bits per heavy atom. The number of halogens is 3. The Bertz CT molecular complexity index is 403. The average molecular weight is 276 g/mol. The van der Waals surface area contributed by atoms with E-state index in [1.165, 1.54) is 6.07 Å². The number of hydrogen-bond donors (Lipinski definition) is 1. The summed E-state index contributed by atoms with van der Waals surface area (Å²) in [5.74, 6) is -1.97. The summed E-state index contributed by atoms with van der Waals surface area (Å²) in [6.45, 7) is 3.96. The highest BCUT2D eigenvalue weighted by molar-refractivity contribution is 6.18. The molecule has 100 valence electrons. The summed E-state index contributed by atoms with van der Waals surface area (Å²) >= 11 is 5.72. The van der Waals surface area contributed by atoms with Crippen molar-refractivity contribution in [3.05, 3.63) is 35.4 Å². The van der Waals surface area contributed by atoms with Crippen LogP contribution in [0.4, 0.5) is 8.78 Å². The number of carbonyl (C=O) groups excluding carboxylic acids is 1. The van der Waals surface area contributed by atoms with E-state index in [9.17, 15) is 13.6 Å². The molecule has 0 aliphatic carbocycles. The number of alkyl halides is 1. The Balaban J connectivity index is 2.81. The molecule has 1 aromatic rings. The van der Waals surface area contributed by atoms with E-state index in [4.69, 9.17) is 11.6 Å². The summed E-state index contributed by atoms with van der Waals surface area (Å²) in [7, 11) is 0. The van der Waals surface area contributed by atoms with Crippen molar-refractivity contribution in [3.63, 3.8) is 0 Å². The number of hydrogen-bond acceptors (Lipinski definition) is 1. The molecule has 1 unspecified atom stereocenters. The molecule has 0 bridgehead atoms. The Morgan fingerprint density at radius 1 is 1.33 bits per heavy atom. The fourth-order valence-corrected chi connectivity index (χ4v) is 1.90.